The Bertz CT molecular complexity index is 883. The highest BCUT2D eigenvalue weighted by Crippen LogP contribution is 2.10. The molecule has 0 aliphatic carbocycles. The molecule has 3 aliphatic heterocycles. The first kappa shape index (κ1) is 13.2. The summed E-state index contributed by atoms with van der Waals surface area (Å²) in [5.74, 6) is 0. The van der Waals surface area contributed by atoms with Gasteiger partial charge in [0.2, 0.25) is 5.55 Å². The van der Waals surface area contributed by atoms with Gasteiger partial charge in [0.25, 0.3) is 0 Å². The zero-order valence-electron chi connectivity index (χ0n) is 12.6. The number of nitrogens with zero attached hydrogens (tertiary/aromatic N) is 4. The third-order valence-corrected chi connectivity index (χ3v) is 4.10. The summed E-state index contributed by atoms with van der Waals surface area (Å²) in [4.78, 5) is 10.1. The van der Waals surface area contributed by atoms with E-state index in [1.807, 2.05) is 42.9 Å². The van der Waals surface area contributed by atoms with Gasteiger partial charge in [0.05, 0.1) is 6.20 Å². The third-order valence-electron chi connectivity index (χ3n) is 4.10. The maximum absolute atomic E-state index is 6.02. The van der Waals surface area contributed by atoms with E-state index in [2.05, 4.69) is 31.6 Å². The van der Waals surface area contributed by atoms with E-state index in [4.69, 9.17) is 4.42 Å². The van der Waals surface area contributed by atoms with Gasteiger partial charge in [-0.05, 0) is 19.2 Å². The zero-order valence-corrected chi connectivity index (χ0v) is 12.6. The summed E-state index contributed by atoms with van der Waals surface area (Å²) < 4.78 is 8.15. The molecule has 1 fully saturated rings. The number of hydrogen-bond donors (Lipinski definition) is 1. The fourth-order valence-electron chi connectivity index (χ4n) is 2.79. The van der Waals surface area contributed by atoms with Gasteiger partial charge in [0, 0.05) is 38.6 Å². The predicted octanol–water partition coefficient (Wildman–Crippen LogP) is 1.69. The smallest absolute Gasteiger partial charge is 0.225 e. The largest absolute Gasteiger partial charge is 0.436 e. The normalized spacial score (nSPS) is 16.3. The average molecular weight is 297 g/mol. The van der Waals surface area contributed by atoms with Crippen LogP contribution in [0.25, 0.3) is 11.1 Å². The molecule has 1 aromatic carbocycles. The van der Waals surface area contributed by atoms with Gasteiger partial charge in [-0.1, -0.05) is 12.1 Å². The molecule has 1 N–H and O–H groups in total. The molecule has 3 aliphatic rings. The third kappa shape index (κ3) is 2.31. The Kier molecular flexibility index (Phi) is 3.23. The van der Waals surface area contributed by atoms with Crippen LogP contribution in [0.3, 0.4) is 0 Å². The minimum absolute atomic E-state index is 0.718. The fraction of sp³-hybridized carbons (Fsp3) is 0.312. The van der Waals surface area contributed by atoms with E-state index in [1.165, 1.54) is 0 Å². The number of benzene rings is 1. The van der Waals surface area contributed by atoms with E-state index in [-0.39, 0.29) is 0 Å². The van der Waals surface area contributed by atoms with Crippen LogP contribution >= 0.6 is 0 Å². The lowest BCUT2D eigenvalue weighted by Crippen LogP contribution is -2.50. The molecule has 0 radical (unpaired) electrons. The second kappa shape index (κ2) is 5.38. The number of aromatic amines is 1. The molecule has 0 saturated carbocycles. The first-order valence-electron chi connectivity index (χ1n) is 7.52. The van der Waals surface area contributed by atoms with Crippen molar-refractivity contribution in [2.75, 3.05) is 38.2 Å². The van der Waals surface area contributed by atoms with Crippen LogP contribution in [0.4, 0.5) is 0 Å². The Morgan fingerprint density at radius 1 is 1.14 bits per heavy atom. The molecule has 4 rings (SSSR count). The summed E-state index contributed by atoms with van der Waals surface area (Å²) in [7, 11) is 2.16. The summed E-state index contributed by atoms with van der Waals surface area (Å²) in [5.41, 5.74) is 2.33. The number of para-hydroxylation sites is 2. The topological polar surface area (TPSA) is 53.2 Å². The van der Waals surface area contributed by atoms with Crippen LogP contribution in [0.1, 0.15) is 0 Å². The molecule has 22 heavy (non-hydrogen) atoms. The second-order valence-corrected chi connectivity index (χ2v) is 5.60. The Morgan fingerprint density at radius 3 is 2.82 bits per heavy atom. The van der Waals surface area contributed by atoms with Crippen LogP contribution < -0.4 is 5.01 Å². The minimum atomic E-state index is 0.718. The molecular formula is C16H19N5O. The predicted molar refractivity (Wildman–Crippen MR) is 84.7 cm³/mol. The number of aromatic nitrogens is 3. The van der Waals surface area contributed by atoms with Crippen LogP contribution in [-0.2, 0) is 0 Å². The molecule has 0 aromatic heterocycles. The summed E-state index contributed by atoms with van der Waals surface area (Å²) >= 11 is 0. The molecule has 1 saturated heterocycles. The van der Waals surface area contributed by atoms with Crippen molar-refractivity contribution in [2.24, 2.45) is 0 Å². The molecule has 6 heteroatoms. The van der Waals surface area contributed by atoms with Gasteiger partial charge in [0.1, 0.15) is 10.9 Å². The van der Waals surface area contributed by atoms with Crippen LogP contribution in [-0.4, -0.2) is 52.8 Å². The minimum Gasteiger partial charge on any atom is -0.436 e. The zero-order chi connectivity index (χ0) is 14.9. The lowest BCUT2D eigenvalue weighted by atomic mass is 10.3. The van der Waals surface area contributed by atoms with Gasteiger partial charge in [-0.25, -0.2) is 0 Å². The van der Waals surface area contributed by atoms with E-state index in [0.29, 0.717) is 0 Å². The molecule has 0 bridgehead atoms. The molecule has 6 nitrogen and oxygen atoms in total. The van der Waals surface area contributed by atoms with E-state index in [9.17, 15) is 0 Å². The quantitative estimate of drug-likeness (QED) is 0.742. The summed E-state index contributed by atoms with van der Waals surface area (Å²) in [6.07, 6.45) is 5.80. The molecule has 3 heterocycles. The van der Waals surface area contributed by atoms with Crippen LogP contribution in [0.5, 0.6) is 0 Å². The van der Waals surface area contributed by atoms with Gasteiger partial charge >= 0.3 is 0 Å². The van der Waals surface area contributed by atoms with Gasteiger partial charge in [-0.2, -0.15) is 0 Å². The number of fused-ring (bicyclic) bond motifs is 1. The van der Waals surface area contributed by atoms with Crippen LogP contribution in [0.2, 0.25) is 0 Å². The number of likely N-dealkylation sites (N-methyl/N-ethyl adjacent to an activating group) is 1. The Balaban J connectivity index is 1.92. The summed E-state index contributed by atoms with van der Waals surface area (Å²) in [6, 6.07) is 7.81. The molecule has 0 atom stereocenters. The van der Waals surface area contributed by atoms with E-state index >= 15 is 0 Å². The molecular weight excluding hydrogens is 278 g/mol. The maximum Gasteiger partial charge on any atom is 0.225 e. The molecule has 1 aromatic rings. The standard InChI is InChI=1S/C16H19N5O/c1-19-8-10-20(11-9-19)21-7-6-17-16-14(21)12-18-13-4-2-3-5-15(13)22-16/h2-7,12,17H,8-11H2,1H3. The lowest BCUT2D eigenvalue weighted by molar-refractivity contribution is 0.285. The van der Waals surface area contributed by atoms with Crippen molar-refractivity contribution in [1.29, 1.82) is 0 Å². The Morgan fingerprint density at radius 2 is 1.95 bits per heavy atom. The fourth-order valence-corrected chi connectivity index (χ4v) is 2.79. The number of piperazine rings is 1. The monoisotopic (exact) mass is 297 g/mol. The van der Waals surface area contributed by atoms with Crippen molar-refractivity contribution < 1.29 is 4.42 Å². The maximum atomic E-state index is 6.02. The van der Waals surface area contributed by atoms with E-state index < -0.39 is 0 Å². The van der Waals surface area contributed by atoms with E-state index in [0.717, 1.165) is 48.2 Å². The van der Waals surface area contributed by atoms with Gasteiger partial charge in [-0.3, -0.25) is 9.66 Å². The van der Waals surface area contributed by atoms with E-state index in [1.54, 1.807) is 0 Å². The highest BCUT2D eigenvalue weighted by Gasteiger charge is 2.14. The first-order valence-corrected chi connectivity index (χ1v) is 7.52. The number of hydrogen-bond acceptors (Lipinski definition) is 4. The van der Waals surface area contributed by atoms with Crippen molar-refractivity contribution in [2.45, 2.75) is 0 Å². The molecule has 0 spiro atoms. The molecule has 0 amide bonds. The number of nitrogens with one attached hydrogen (secondary N) is 1. The number of rotatable bonds is 1. The molecule has 114 valence electrons. The van der Waals surface area contributed by atoms with Crippen LogP contribution in [0.15, 0.2) is 47.3 Å². The van der Waals surface area contributed by atoms with Gasteiger partial charge in [-0.15, -0.1) is 0 Å². The average Bonchev–Trinajstić information content (AvgIpc) is 2.74. The Hall–Kier alpha value is -2.47. The highest BCUT2D eigenvalue weighted by atomic mass is 16.3. The van der Waals surface area contributed by atoms with Crippen molar-refractivity contribution in [3.63, 3.8) is 0 Å². The summed E-state index contributed by atoms with van der Waals surface area (Å²) in [5, 5.41) is 3.25. The summed E-state index contributed by atoms with van der Waals surface area (Å²) in [6.45, 7) is 4.08. The van der Waals surface area contributed by atoms with Gasteiger partial charge in [0.15, 0.2) is 5.58 Å². The van der Waals surface area contributed by atoms with Crippen LogP contribution in [0, 0.1) is 10.9 Å². The molecule has 0 unspecified atom stereocenters. The highest BCUT2D eigenvalue weighted by molar-refractivity contribution is 5.70. The second-order valence-electron chi connectivity index (χ2n) is 5.60. The van der Waals surface area contributed by atoms with Crippen molar-refractivity contribution in [3.8, 4) is 0 Å². The van der Waals surface area contributed by atoms with Crippen molar-refractivity contribution in [1.82, 2.24) is 19.5 Å². The van der Waals surface area contributed by atoms with Crippen molar-refractivity contribution in [3.05, 3.63) is 53.8 Å². The number of H-pyrrole nitrogens is 1. The lowest BCUT2D eigenvalue weighted by Gasteiger charge is -2.35. The first-order chi connectivity index (χ1) is 10.8. The SMILES string of the molecule is CN1CCN(n2cc[nH]c3oc4ccccc4ncc2=3)CC1. The van der Waals surface area contributed by atoms with Crippen molar-refractivity contribution >= 4 is 11.1 Å². The Labute approximate surface area is 127 Å². The van der Waals surface area contributed by atoms with Gasteiger partial charge < -0.3 is 19.3 Å².